The second-order valence-corrected chi connectivity index (χ2v) is 5.80. The number of fused-ring (bicyclic) bond motifs is 1. The fraction of sp³-hybridized carbons (Fsp3) is 0.500. The number of carbonyl (C=O) groups excluding carboxylic acids is 2. The SMILES string of the molecule is O=C1N[C@@H](CC2CCCCC2)C(=O)Nc2ccccc21. The third-order valence-corrected chi connectivity index (χ3v) is 4.35. The molecule has 0 bridgehead atoms. The van der Waals surface area contributed by atoms with Crippen LogP contribution in [0.5, 0.6) is 0 Å². The lowest BCUT2D eigenvalue weighted by atomic mass is 9.84. The molecule has 4 nitrogen and oxygen atoms in total. The molecule has 2 amide bonds. The van der Waals surface area contributed by atoms with Gasteiger partial charge in [-0.25, -0.2) is 0 Å². The summed E-state index contributed by atoms with van der Waals surface area (Å²) in [5.41, 5.74) is 1.16. The van der Waals surface area contributed by atoms with Crippen molar-refractivity contribution in [3.8, 4) is 0 Å². The molecular formula is C16H20N2O2. The first kappa shape index (κ1) is 13.2. The van der Waals surface area contributed by atoms with Crippen LogP contribution in [-0.4, -0.2) is 17.9 Å². The first-order valence-corrected chi connectivity index (χ1v) is 7.45. The molecule has 1 fully saturated rings. The first-order valence-electron chi connectivity index (χ1n) is 7.45. The monoisotopic (exact) mass is 272 g/mol. The number of hydrogen-bond donors (Lipinski definition) is 2. The summed E-state index contributed by atoms with van der Waals surface area (Å²) in [6.07, 6.45) is 6.89. The number of anilines is 1. The average Bonchev–Trinajstić information content (AvgIpc) is 2.58. The maximum absolute atomic E-state index is 12.3. The van der Waals surface area contributed by atoms with Gasteiger partial charge in [-0.1, -0.05) is 44.2 Å². The van der Waals surface area contributed by atoms with Crippen molar-refractivity contribution in [1.29, 1.82) is 0 Å². The highest BCUT2D eigenvalue weighted by atomic mass is 16.2. The number of benzene rings is 1. The van der Waals surface area contributed by atoms with Crippen molar-refractivity contribution in [2.24, 2.45) is 5.92 Å². The van der Waals surface area contributed by atoms with Crippen molar-refractivity contribution in [3.63, 3.8) is 0 Å². The maximum Gasteiger partial charge on any atom is 0.254 e. The molecule has 0 radical (unpaired) electrons. The van der Waals surface area contributed by atoms with E-state index >= 15 is 0 Å². The van der Waals surface area contributed by atoms with Crippen molar-refractivity contribution in [2.75, 3.05) is 5.32 Å². The van der Waals surface area contributed by atoms with Gasteiger partial charge in [0, 0.05) is 0 Å². The van der Waals surface area contributed by atoms with E-state index in [4.69, 9.17) is 0 Å². The number of amides is 2. The third-order valence-electron chi connectivity index (χ3n) is 4.35. The fourth-order valence-electron chi connectivity index (χ4n) is 3.23. The Morgan fingerprint density at radius 3 is 2.60 bits per heavy atom. The van der Waals surface area contributed by atoms with Crippen LogP contribution < -0.4 is 10.6 Å². The van der Waals surface area contributed by atoms with Gasteiger partial charge in [0.15, 0.2) is 0 Å². The van der Waals surface area contributed by atoms with E-state index in [1.165, 1.54) is 32.1 Å². The van der Waals surface area contributed by atoms with Crippen LogP contribution in [0, 0.1) is 5.92 Å². The predicted molar refractivity (Wildman–Crippen MR) is 77.5 cm³/mol. The number of rotatable bonds is 2. The Hall–Kier alpha value is -1.84. The van der Waals surface area contributed by atoms with Crippen LogP contribution in [0.4, 0.5) is 5.69 Å². The second-order valence-electron chi connectivity index (χ2n) is 5.80. The van der Waals surface area contributed by atoms with Gasteiger partial charge in [-0.05, 0) is 24.5 Å². The highest BCUT2D eigenvalue weighted by Crippen LogP contribution is 2.28. The molecule has 1 aliphatic carbocycles. The zero-order chi connectivity index (χ0) is 13.9. The van der Waals surface area contributed by atoms with Gasteiger partial charge < -0.3 is 10.6 Å². The molecule has 0 spiro atoms. The van der Waals surface area contributed by atoms with E-state index in [1.54, 1.807) is 12.1 Å². The van der Waals surface area contributed by atoms with Gasteiger partial charge in [0.25, 0.3) is 5.91 Å². The van der Waals surface area contributed by atoms with Gasteiger partial charge in [0.05, 0.1) is 11.3 Å². The molecule has 1 atom stereocenters. The molecule has 20 heavy (non-hydrogen) atoms. The molecule has 1 saturated carbocycles. The second kappa shape index (κ2) is 5.65. The summed E-state index contributed by atoms with van der Waals surface area (Å²) in [4.78, 5) is 24.5. The van der Waals surface area contributed by atoms with Crippen LogP contribution in [0.1, 0.15) is 48.9 Å². The summed E-state index contributed by atoms with van der Waals surface area (Å²) in [5, 5.41) is 5.75. The first-order chi connectivity index (χ1) is 9.74. The van der Waals surface area contributed by atoms with Gasteiger partial charge in [0.2, 0.25) is 5.91 Å². The highest BCUT2D eigenvalue weighted by Gasteiger charge is 2.30. The number of hydrogen-bond acceptors (Lipinski definition) is 2. The summed E-state index contributed by atoms with van der Waals surface area (Å²) in [6.45, 7) is 0. The average molecular weight is 272 g/mol. The number of nitrogens with one attached hydrogen (secondary N) is 2. The van der Waals surface area contributed by atoms with Gasteiger partial charge in [0.1, 0.15) is 6.04 Å². The Morgan fingerprint density at radius 1 is 1.05 bits per heavy atom. The van der Waals surface area contributed by atoms with Gasteiger partial charge in [-0.15, -0.1) is 0 Å². The smallest absolute Gasteiger partial charge is 0.254 e. The van der Waals surface area contributed by atoms with E-state index in [9.17, 15) is 9.59 Å². The Labute approximate surface area is 118 Å². The summed E-state index contributed by atoms with van der Waals surface area (Å²) in [5.74, 6) is 0.314. The third kappa shape index (κ3) is 2.69. The largest absolute Gasteiger partial charge is 0.340 e. The van der Waals surface area contributed by atoms with Crippen molar-refractivity contribution in [2.45, 2.75) is 44.6 Å². The topological polar surface area (TPSA) is 58.2 Å². The zero-order valence-corrected chi connectivity index (χ0v) is 11.5. The van der Waals surface area contributed by atoms with Crippen molar-refractivity contribution < 1.29 is 9.59 Å². The normalized spacial score (nSPS) is 23.5. The lowest BCUT2D eigenvalue weighted by Gasteiger charge is -2.25. The maximum atomic E-state index is 12.3. The minimum Gasteiger partial charge on any atom is -0.340 e. The van der Waals surface area contributed by atoms with Crippen LogP contribution >= 0.6 is 0 Å². The molecule has 2 aliphatic rings. The van der Waals surface area contributed by atoms with Gasteiger partial charge >= 0.3 is 0 Å². The summed E-state index contributed by atoms with van der Waals surface area (Å²) < 4.78 is 0. The van der Waals surface area contributed by atoms with E-state index in [1.807, 2.05) is 12.1 Å². The molecule has 2 N–H and O–H groups in total. The zero-order valence-electron chi connectivity index (χ0n) is 11.5. The Morgan fingerprint density at radius 2 is 1.80 bits per heavy atom. The fourth-order valence-corrected chi connectivity index (χ4v) is 3.23. The summed E-state index contributed by atoms with van der Waals surface area (Å²) in [6, 6.07) is 6.75. The molecule has 1 heterocycles. The van der Waals surface area contributed by atoms with Crippen molar-refractivity contribution in [1.82, 2.24) is 5.32 Å². The Bertz CT molecular complexity index is 521. The lowest BCUT2D eigenvalue weighted by Crippen LogP contribution is -2.42. The predicted octanol–water partition coefficient (Wildman–Crippen LogP) is 2.71. The molecule has 1 aromatic rings. The number of para-hydroxylation sites is 1. The molecule has 0 saturated heterocycles. The molecule has 0 unspecified atom stereocenters. The van der Waals surface area contributed by atoms with E-state index < -0.39 is 6.04 Å². The van der Waals surface area contributed by atoms with Crippen LogP contribution in [0.15, 0.2) is 24.3 Å². The molecule has 106 valence electrons. The van der Waals surface area contributed by atoms with E-state index in [0.717, 1.165) is 6.42 Å². The lowest BCUT2D eigenvalue weighted by molar-refractivity contribution is -0.118. The molecule has 1 aromatic carbocycles. The Balaban J connectivity index is 1.75. The van der Waals surface area contributed by atoms with E-state index in [2.05, 4.69) is 10.6 Å². The van der Waals surface area contributed by atoms with E-state index in [-0.39, 0.29) is 11.8 Å². The van der Waals surface area contributed by atoms with Crippen molar-refractivity contribution in [3.05, 3.63) is 29.8 Å². The molecule has 4 heteroatoms. The van der Waals surface area contributed by atoms with Crippen molar-refractivity contribution >= 4 is 17.5 Å². The molecule has 0 aromatic heterocycles. The summed E-state index contributed by atoms with van der Waals surface area (Å²) >= 11 is 0. The highest BCUT2D eigenvalue weighted by molar-refractivity contribution is 6.09. The quantitative estimate of drug-likeness (QED) is 0.869. The van der Waals surface area contributed by atoms with Crippen LogP contribution in [0.3, 0.4) is 0 Å². The molecular weight excluding hydrogens is 252 g/mol. The van der Waals surface area contributed by atoms with Gasteiger partial charge in [-0.3, -0.25) is 9.59 Å². The van der Waals surface area contributed by atoms with Crippen LogP contribution in [0.2, 0.25) is 0 Å². The van der Waals surface area contributed by atoms with E-state index in [0.29, 0.717) is 17.2 Å². The minimum absolute atomic E-state index is 0.0890. The summed E-state index contributed by atoms with van der Waals surface area (Å²) in [7, 11) is 0. The Kier molecular flexibility index (Phi) is 3.72. The van der Waals surface area contributed by atoms with Gasteiger partial charge in [-0.2, -0.15) is 0 Å². The van der Waals surface area contributed by atoms with Crippen LogP contribution in [0.25, 0.3) is 0 Å². The molecule has 1 aliphatic heterocycles. The number of carbonyl (C=O) groups is 2. The molecule has 3 rings (SSSR count). The van der Waals surface area contributed by atoms with Crippen LogP contribution in [-0.2, 0) is 4.79 Å². The minimum atomic E-state index is -0.405. The standard InChI is InChI=1S/C16H20N2O2/c19-15-12-8-4-5-9-13(12)17-16(20)14(18-15)10-11-6-2-1-3-7-11/h4-5,8-9,11,14H,1-3,6-7,10H2,(H,17,20)(H,18,19)/t14-/m0/s1.